The minimum atomic E-state index is -0.760. The minimum absolute atomic E-state index is 0.0212. The molecule has 6 nitrogen and oxygen atoms in total. The lowest BCUT2D eigenvalue weighted by atomic mass is 10.0. The molecule has 0 spiro atoms. The van der Waals surface area contributed by atoms with E-state index in [1.165, 1.54) is 16.8 Å². The molecule has 1 aliphatic rings. The smallest absolute Gasteiger partial charge is 0.308 e. The normalized spacial score (nSPS) is 20.8. The van der Waals surface area contributed by atoms with Gasteiger partial charge in [-0.05, 0) is 31.0 Å². The minimum Gasteiger partial charge on any atom is -0.481 e. The topological polar surface area (TPSA) is 80.0 Å². The molecule has 0 aliphatic heterocycles. The van der Waals surface area contributed by atoms with Crippen molar-refractivity contribution in [2.75, 3.05) is 0 Å². The number of carboxylic acids is 1. The molecule has 8 heteroatoms. The van der Waals surface area contributed by atoms with Crippen LogP contribution in [0.4, 0.5) is 4.39 Å². The number of benzene rings is 1. The summed E-state index contributed by atoms with van der Waals surface area (Å²) in [5.74, 6) is -1.59. The highest BCUT2D eigenvalue weighted by Gasteiger charge is 2.32. The van der Waals surface area contributed by atoms with E-state index in [-0.39, 0.29) is 17.0 Å². The maximum absolute atomic E-state index is 13.2. The summed E-state index contributed by atoms with van der Waals surface area (Å²) in [5.41, 5.74) is 1.29. The third-order valence-corrected chi connectivity index (χ3v) is 4.38. The van der Waals surface area contributed by atoms with Gasteiger partial charge >= 0.3 is 5.97 Å². The largest absolute Gasteiger partial charge is 0.481 e. The molecule has 3 rings (SSSR count). The van der Waals surface area contributed by atoms with Gasteiger partial charge in [-0.15, -0.1) is 5.10 Å². The SMILES string of the molecule is O=C(O)[C@@H]1CCC[C@@H]1NCc1cn(-c2ccc(F)c(Cl)c2)nn1. The molecule has 1 aliphatic carbocycles. The van der Waals surface area contributed by atoms with Crippen molar-refractivity contribution in [2.24, 2.45) is 5.92 Å². The fraction of sp³-hybridized carbons (Fsp3) is 0.400. The predicted octanol–water partition coefficient (Wildman–Crippen LogP) is 2.40. The Morgan fingerprint density at radius 2 is 2.30 bits per heavy atom. The number of carboxylic acid groups (broad SMARTS) is 1. The van der Waals surface area contributed by atoms with Crippen molar-refractivity contribution in [3.8, 4) is 5.69 Å². The number of aliphatic carboxylic acids is 1. The summed E-state index contributed by atoms with van der Waals surface area (Å²) in [6, 6.07) is 4.26. The summed E-state index contributed by atoms with van der Waals surface area (Å²) in [4.78, 5) is 11.2. The van der Waals surface area contributed by atoms with Crippen LogP contribution in [0.5, 0.6) is 0 Å². The Balaban J connectivity index is 1.65. The van der Waals surface area contributed by atoms with Gasteiger partial charge in [-0.1, -0.05) is 23.2 Å². The second kappa shape index (κ2) is 6.64. The zero-order valence-electron chi connectivity index (χ0n) is 12.2. The van der Waals surface area contributed by atoms with Crippen molar-refractivity contribution in [1.29, 1.82) is 0 Å². The molecule has 23 heavy (non-hydrogen) atoms. The van der Waals surface area contributed by atoms with Crippen molar-refractivity contribution in [2.45, 2.75) is 31.8 Å². The van der Waals surface area contributed by atoms with Crippen molar-refractivity contribution >= 4 is 17.6 Å². The summed E-state index contributed by atoms with van der Waals surface area (Å²) in [6.07, 6.45) is 4.17. The van der Waals surface area contributed by atoms with Crippen LogP contribution < -0.4 is 5.32 Å². The van der Waals surface area contributed by atoms with Gasteiger partial charge in [0.05, 0.1) is 28.5 Å². The molecule has 1 saturated carbocycles. The Bertz CT molecular complexity index is 721. The Kier molecular flexibility index (Phi) is 4.58. The highest BCUT2D eigenvalue weighted by atomic mass is 35.5. The molecule has 2 N–H and O–H groups in total. The van der Waals surface area contributed by atoms with E-state index in [1.807, 2.05) is 0 Å². The lowest BCUT2D eigenvalue weighted by Gasteiger charge is -2.16. The summed E-state index contributed by atoms with van der Waals surface area (Å²) in [5, 5.41) is 20.4. The Morgan fingerprint density at radius 3 is 3.04 bits per heavy atom. The fourth-order valence-corrected chi connectivity index (χ4v) is 3.04. The Morgan fingerprint density at radius 1 is 1.48 bits per heavy atom. The third-order valence-electron chi connectivity index (χ3n) is 4.09. The number of nitrogens with zero attached hydrogens (tertiary/aromatic N) is 3. The Labute approximate surface area is 137 Å². The summed E-state index contributed by atoms with van der Waals surface area (Å²) in [6.45, 7) is 0.434. The summed E-state index contributed by atoms with van der Waals surface area (Å²) < 4.78 is 14.7. The molecule has 1 fully saturated rings. The van der Waals surface area contributed by atoms with E-state index in [9.17, 15) is 9.18 Å². The molecule has 0 saturated heterocycles. The van der Waals surface area contributed by atoms with Gasteiger partial charge in [0, 0.05) is 12.6 Å². The second-order valence-corrected chi connectivity index (χ2v) is 6.02. The van der Waals surface area contributed by atoms with Crippen LogP contribution in [0.25, 0.3) is 5.69 Å². The lowest BCUT2D eigenvalue weighted by molar-refractivity contribution is -0.142. The van der Waals surface area contributed by atoms with Crippen LogP contribution in [0, 0.1) is 11.7 Å². The second-order valence-electron chi connectivity index (χ2n) is 5.62. The van der Waals surface area contributed by atoms with E-state index < -0.39 is 11.8 Å². The molecule has 0 radical (unpaired) electrons. The van der Waals surface area contributed by atoms with E-state index in [4.69, 9.17) is 16.7 Å². The molecule has 0 amide bonds. The summed E-state index contributed by atoms with van der Waals surface area (Å²) >= 11 is 5.76. The zero-order valence-corrected chi connectivity index (χ0v) is 13.0. The molecule has 2 aromatic rings. The maximum Gasteiger partial charge on any atom is 0.308 e. The van der Waals surface area contributed by atoms with Gasteiger partial charge in [0.2, 0.25) is 0 Å². The van der Waals surface area contributed by atoms with Crippen LogP contribution in [0.1, 0.15) is 25.0 Å². The van der Waals surface area contributed by atoms with Crippen LogP contribution in [-0.2, 0) is 11.3 Å². The van der Waals surface area contributed by atoms with E-state index in [0.29, 0.717) is 24.3 Å². The molecular formula is C15H16ClFN4O2. The van der Waals surface area contributed by atoms with Crippen molar-refractivity contribution in [1.82, 2.24) is 20.3 Å². The van der Waals surface area contributed by atoms with E-state index in [1.54, 1.807) is 12.3 Å². The van der Waals surface area contributed by atoms with Crippen LogP contribution in [0.15, 0.2) is 24.4 Å². The molecule has 1 aromatic heterocycles. The first kappa shape index (κ1) is 15.9. The number of rotatable bonds is 5. The number of carbonyl (C=O) groups is 1. The zero-order chi connectivity index (χ0) is 16.4. The van der Waals surface area contributed by atoms with Crippen LogP contribution in [-0.4, -0.2) is 32.1 Å². The molecule has 1 aromatic carbocycles. The number of aromatic nitrogens is 3. The van der Waals surface area contributed by atoms with Gasteiger partial charge in [0.15, 0.2) is 0 Å². The van der Waals surface area contributed by atoms with Crippen LogP contribution in [0.2, 0.25) is 5.02 Å². The molecule has 2 atom stereocenters. The standard InChI is InChI=1S/C15H16ClFN4O2/c16-12-6-10(4-5-13(12)17)21-8-9(19-20-21)7-18-14-3-1-2-11(14)15(22)23/h4-6,8,11,14,18H,1-3,7H2,(H,22,23)/t11-,14+/m1/s1. The predicted molar refractivity (Wildman–Crippen MR) is 81.9 cm³/mol. The third kappa shape index (κ3) is 3.51. The van der Waals surface area contributed by atoms with Crippen LogP contribution in [0.3, 0.4) is 0 Å². The quantitative estimate of drug-likeness (QED) is 0.875. The Hall–Kier alpha value is -1.99. The molecule has 1 heterocycles. The van der Waals surface area contributed by atoms with Gasteiger partial charge in [0.25, 0.3) is 0 Å². The fourth-order valence-electron chi connectivity index (χ4n) is 2.87. The number of nitrogens with one attached hydrogen (secondary N) is 1. The molecule has 122 valence electrons. The summed E-state index contributed by atoms with van der Waals surface area (Å²) in [7, 11) is 0. The van der Waals surface area contributed by atoms with E-state index >= 15 is 0 Å². The van der Waals surface area contributed by atoms with Crippen molar-refractivity contribution < 1.29 is 14.3 Å². The van der Waals surface area contributed by atoms with E-state index in [2.05, 4.69) is 15.6 Å². The first-order valence-corrected chi connectivity index (χ1v) is 7.75. The van der Waals surface area contributed by atoms with Gasteiger partial charge in [-0.2, -0.15) is 0 Å². The number of hydrogen-bond acceptors (Lipinski definition) is 4. The van der Waals surface area contributed by atoms with Crippen molar-refractivity contribution in [3.63, 3.8) is 0 Å². The maximum atomic E-state index is 13.2. The average Bonchev–Trinajstić information content (AvgIpc) is 3.16. The lowest BCUT2D eigenvalue weighted by Crippen LogP contribution is -2.35. The highest BCUT2D eigenvalue weighted by molar-refractivity contribution is 6.30. The van der Waals surface area contributed by atoms with Gasteiger partial charge < -0.3 is 10.4 Å². The van der Waals surface area contributed by atoms with Gasteiger partial charge in [0.1, 0.15) is 5.82 Å². The van der Waals surface area contributed by atoms with E-state index in [0.717, 1.165) is 12.8 Å². The number of halogens is 2. The first-order valence-electron chi connectivity index (χ1n) is 7.37. The van der Waals surface area contributed by atoms with Crippen molar-refractivity contribution in [3.05, 3.63) is 40.9 Å². The average molecular weight is 339 g/mol. The van der Waals surface area contributed by atoms with Crippen LogP contribution >= 0.6 is 11.6 Å². The molecule has 0 unspecified atom stereocenters. The monoisotopic (exact) mass is 338 g/mol. The molecule has 0 bridgehead atoms. The number of hydrogen-bond donors (Lipinski definition) is 2. The van der Waals surface area contributed by atoms with Gasteiger partial charge in [-0.25, -0.2) is 9.07 Å². The molecular weight excluding hydrogens is 323 g/mol. The van der Waals surface area contributed by atoms with Gasteiger partial charge in [-0.3, -0.25) is 4.79 Å². The first-order chi connectivity index (χ1) is 11.0. The highest BCUT2D eigenvalue weighted by Crippen LogP contribution is 2.26.